The van der Waals surface area contributed by atoms with Gasteiger partial charge in [-0.05, 0) is 37.7 Å². The maximum absolute atomic E-state index is 13.3. The molecule has 3 N–H and O–H groups in total. The first-order chi connectivity index (χ1) is 17.9. The molecule has 9 heteroatoms. The zero-order valence-corrected chi connectivity index (χ0v) is 21.3. The van der Waals surface area contributed by atoms with E-state index in [1.54, 1.807) is 11.7 Å². The van der Waals surface area contributed by atoms with Crippen LogP contribution in [0.1, 0.15) is 44.1 Å². The molecule has 1 saturated heterocycles. The van der Waals surface area contributed by atoms with Gasteiger partial charge < -0.3 is 15.7 Å². The lowest BCUT2D eigenvalue weighted by atomic mass is 9.91. The number of allylic oxidation sites excluding steroid dienone is 4. The summed E-state index contributed by atoms with van der Waals surface area (Å²) in [5.41, 5.74) is 9.04. The van der Waals surface area contributed by atoms with Gasteiger partial charge >= 0.3 is 0 Å². The van der Waals surface area contributed by atoms with Crippen LogP contribution in [-0.4, -0.2) is 53.9 Å². The average molecular weight is 503 g/mol. The van der Waals surface area contributed by atoms with Gasteiger partial charge in [-0.25, -0.2) is 4.98 Å². The van der Waals surface area contributed by atoms with Crippen LogP contribution in [0.3, 0.4) is 0 Å². The zero-order chi connectivity index (χ0) is 26.0. The third kappa shape index (κ3) is 5.28. The molecule has 1 aliphatic heterocycles. The highest BCUT2D eigenvalue weighted by molar-refractivity contribution is 5.89. The molecule has 2 aliphatic rings. The van der Waals surface area contributed by atoms with Crippen molar-refractivity contribution in [2.45, 2.75) is 57.2 Å². The Morgan fingerprint density at radius 3 is 2.57 bits per heavy atom. The normalized spacial score (nSPS) is 17.3. The number of hydrogen-bond donors (Lipinski definition) is 2. The van der Waals surface area contributed by atoms with E-state index in [1.165, 1.54) is 16.5 Å². The van der Waals surface area contributed by atoms with Gasteiger partial charge in [0.15, 0.2) is 5.52 Å². The zero-order valence-electron chi connectivity index (χ0n) is 21.3. The number of piperidine rings is 1. The topological polar surface area (TPSA) is 119 Å². The molecular weight excluding hydrogens is 468 g/mol. The first-order valence-electron chi connectivity index (χ1n) is 12.9. The molecule has 0 atom stereocenters. The number of benzene rings is 1. The summed E-state index contributed by atoms with van der Waals surface area (Å²) in [6.45, 7) is 1.52. The molecule has 5 rings (SSSR count). The molecule has 37 heavy (non-hydrogen) atoms. The Bertz CT molecular complexity index is 1410. The second kappa shape index (κ2) is 10.4. The van der Waals surface area contributed by atoms with Crippen LogP contribution in [0, 0.1) is 0 Å². The SMILES string of the molecule is Cn1nc2c(=O)n(CC3(O)CCN(C(=O)CCC4=CCCC=C4)CC3)cnc2c1-c1ccc(CN)cc1. The lowest BCUT2D eigenvalue weighted by molar-refractivity contribution is -0.135. The van der Waals surface area contributed by atoms with Crippen LogP contribution in [0.5, 0.6) is 0 Å². The summed E-state index contributed by atoms with van der Waals surface area (Å²) >= 11 is 0. The van der Waals surface area contributed by atoms with Crippen LogP contribution in [0.15, 0.2) is 59.2 Å². The van der Waals surface area contributed by atoms with Gasteiger partial charge in [0.05, 0.1) is 24.2 Å². The van der Waals surface area contributed by atoms with Crippen LogP contribution in [0.4, 0.5) is 0 Å². The highest BCUT2D eigenvalue weighted by Gasteiger charge is 2.35. The van der Waals surface area contributed by atoms with Gasteiger partial charge in [0, 0.05) is 38.7 Å². The number of nitrogens with two attached hydrogens (primary N) is 1. The van der Waals surface area contributed by atoms with E-state index >= 15 is 0 Å². The summed E-state index contributed by atoms with van der Waals surface area (Å²) in [6, 6.07) is 7.80. The minimum atomic E-state index is -1.08. The Kier molecular flexibility index (Phi) is 7.08. The monoisotopic (exact) mass is 502 g/mol. The predicted molar refractivity (Wildman–Crippen MR) is 143 cm³/mol. The number of likely N-dealkylation sites (tertiary alicyclic amines) is 1. The summed E-state index contributed by atoms with van der Waals surface area (Å²) in [4.78, 5) is 32.4. The first-order valence-corrected chi connectivity index (χ1v) is 12.9. The van der Waals surface area contributed by atoms with Crippen LogP contribution in [0.25, 0.3) is 22.3 Å². The van der Waals surface area contributed by atoms with E-state index in [0.29, 0.717) is 44.4 Å². The summed E-state index contributed by atoms with van der Waals surface area (Å²) < 4.78 is 3.11. The predicted octanol–water partition coefficient (Wildman–Crippen LogP) is 2.67. The molecule has 0 radical (unpaired) electrons. The van der Waals surface area contributed by atoms with Gasteiger partial charge in [-0.3, -0.25) is 18.8 Å². The van der Waals surface area contributed by atoms with E-state index < -0.39 is 5.60 Å². The van der Waals surface area contributed by atoms with E-state index in [2.05, 4.69) is 28.3 Å². The second-order valence-electron chi connectivity index (χ2n) is 10.1. The summed E-state index contributed by atoms with van der Waals surface area (Å²) in [5, 5.41) is 15.7. The molecule has 9 nitrogen and oxygen atoms in total. The fourth-order valence-corrected chi connectivity index (χ4v) is 5.24. The van der Waals surface area contributed by atoms with Gasteiger partial charge in [-0.15, -0.1) is 0 Å². The van der Waals surface area contributed by atoms with Crippen molar-refractivity contribution in [3.8, 4) is 11.3 Å². The van der Waals surface area contributed by atoms with Crippen molar-refractivity contribution in [3.05, 3.63) is 70.3 Å². The van der Waals surface area contributed by atoms with Gasteiger partial charge in [-0.2, -0.15) is 5.10 Å². The smallest absolute Gasteiger partial charge is 0.281 e. The molecular formula is C28H34N6O3. The molecule has 0 bridgehead atoms. The highest BCUT2D eigenvalue weighted by Crippen LogP contribution is 2.27. The minimum Gasteiger partial charge on any atom is -0.388 e. The van der Waals surface area contributed by atoms with Crippen molar-refractivity contribution in [1.29, 1.82) is 0 Å². The Morgan fingerprint density at radius 2 is 1.89 bits per heavy atom. The quantitative estimate of drug-likeness (QED) is 0.513. The maximum Gasteiger partial charge on any atom is 0.281 e. The van der Waals surface area contributed by atoms with E-state index in [4.69, 9.17) is 5.73 Å². The fraction of sp³-hybridized carbons (Fsp3) is 0.429. The molecule has 1 aliphatic carbocycles. The molecule has 1 fully saturated rings. The van der Waals surface area contributed by atoms with Crippen molar-refractivity contribution < 1.29 is 9.90 Å². The average Bonchev–Trinajstić information content (AvgIpc) is 3.26. The van der Waals surface area contributed by atoms with E-state index in [0.717, 1.165) is 36.1 Å². The van der Waals surface area contributed by atoms with Crippen molar-refractivity contribution in [2.75, 3.05) is 13.1 Å². The minimum absolute atomic E-state index is 0.114. The number of aromatic nitrogens is 4. The highest BCUT2D eigenvalue weighted by atomic mass is 16.3. The summed E-state index contributed by atoms with van der Waals surface area (Å²) in [7, 11) is 1.79. The largest absolute Gasteiger partial charge is 0.388 e. The van der Waals surface area contributed by atoms with Crippen LogP contribution >= 0.6 is 0 Å². The molecule has 0 spiro atoms. The van der Waals surface area contributed by atoms with Gasteiger partial charge in [0.2, 0.25) is 5.91 Å². The Hall–Kier alpha value is -3.56. The molecule has 2 aromatic heterocycles. The summed E-state index contributed by atoms with van der Waals surface area (Å²) in [6.07, 6.45) is 12.1. The molecule has 1 aromatic carbocycles. The number of carbonyl (C=O) groups excluding carboxylic acids is 1. The van der Waals surface area contributed by atoms with E-state index in [9.17, 15) is 14.7 Å². The van der Waals surface area contributed by atoms with Gasteiger partial charge in [0.1, 0.15) is 5.52 Å². The molecule has 0 unspecified atom stereocenters. The summed E-state index contributed by atoms with van der Waals surface area (Å²) in [5.74, 6) is 0.114. The number of fused-ring (bicyclic) bond motifs is 1. The number of hydrogen-bond acceptors (Lipinski definition) is 6. The van der Waals surface area contributed by atoms with Crippen molar-refractivity contribution in [1.82, 2.24) is 24.2 Å². The Morgan fingerprint density at radius 1 is 1.14 bits per heavy atom. The lowest BCUT2D eigenvalue weighted by Crippen LogP contribution is -2.49. The maximum atomic E-state index is 13.3. The molecule has 3 heterocycles. The first kappa shape index (κ1) is 25.1. The molecule has 194 valence electrons. The number of nitrogens with zero attached hydrogens (tertiary/aromatic N) is 5. The van der Waals surface area contributed by atoms with Crippen molar-refractivity contribution >= 4 is 16.9 Å². The number of aryl methyl sites for hydroxylation is 1. The van der Waals surface area contributed by atoms with Crippen LogP contribution in [-0.2, 0) is 24.9 Å². The van der Waals surface area contributed by atoms with Crippen LogP contribution in [0.2, 0.25) is 0 Å². The van der Waals surface area contributed by atoms with Crippen molar-refractivity contribution in [3.63, 3.8) is 0 Å². The second-order valence-corrected chi connectivity index (χ2v) is 10.1. The third-order valence-corrected chi connectivity index (χ3v) is 7.49. The molecule has 3 aromatic rings. The Balaban J connectivity index is 1.26. The number of rotatable bonds is 7. The number of carbonyl (C=O) groups is 1. The lowest BCUT2D eigenvalue weighted by Gasteiger charge is -2.38. The van der Waals surface area contributed by atoms with E-state index in [-0.39, 0.29) is 23.5 Å². The molecule has 1 amide bonds. The molecule has 0 saturated carbocycles. The van der Waals surface area contributed by atoms with Gasteiger partial charge in [-0.1, -0.05) is 48.1 Å². The fourth-order valence-electron chi connectivity index (χ4n) is 5.24. The number of aliphatic hydroxyl groups is 1. The standard InChI is InChI=1S/C28H34N6O3/c1-32-26(22-10-7-21(17-29)8-11-22)24-25(31-32)27(36)34(19-30-24)18-28(37)13-15-33(16-14-28)23(35)12-9-20-5-3-2-4-6-20/h3,5-8,10-11,19,37H,2,4,9,12-18,29H2,1H3. The van der Waals surface area contributed by atoms with E-state index in [1.807, 2.05) is 29.2 Å². The third-order valence-electron chi connectivity index (χ3n) is 7.49. The number of amides is 1. The Labute approximate surface area is 215 Å². The van der Waals surface area contributed by atoms with Crippen molar-refractivity contribution in [2.24, 2.45) is 12.8 Å². The van der Waals surface area contributed by atoms with Crippen LogP contribution < -0.4 is 11.3 Å². The van der Waals surface area contributed by atoms with Gasteiger partial charge in [0.25, 0.3) is 5.56 Å².